The van der Waals surface area contributed by atoms with Crippen molar-refractivity contribution in [2.45, 2.75) is 51.8 Å². The quantitative estimate of drug-likeness (QED) is 0.793. The van der Waals surface area contributed by atoms with E-state index < -0.39 is 10.0 Å². The van der Waals surface area contributed by atoms with Crippen LogP contribution in [-0.4, -0.2) is 25.8 Å². The van der Waals surface area contributed by atoms with Crippen LogP contribution in [0, 0.1) is 25.2 Å². The molecular formula is C15H24ClNO3S. The minimum absolute atomic E-state index is 0.112. The van der Waals surface area contributed by atoms with E-state index in [1.54, 1.807) is 18.2 Å². The third kappa shape index (κ3) is 3.01. The molecule has 0 radical (unpaired) electrons. The Morgan fingerprint density at radius 1 is 1.29 bits per heavy atom. The van der Waals surface area contributed by atoms with Crippen LogP contribution in [0.2, 0.25) is 0 Å². The van der Waals surface area contributed by atoms with Gasteiger partial charge in [-0.3, -0.25) is 0 Å². The highest BCUT2D eigenvalue weighted by Crippen LogP contribution is 2.38. The lowest BCUT2D eigenvalue weighted by Crippen LogP contribution is -2.31. The molecule has 2 rings (SSSR count). The minimum atomic E-state index is -3.53. The molecule has 0 spiro atoms. The van der Waals surface area contributed by atoms with Crippen molar-refractivity contribution >= 4 is 21.6 Å². The van der Waals surface area contributed by atoms with E-state index in [-0.39, 0.29) is 16.2 Å². The van der Waals surface area contributed by atoms with Crippen LogP contribution in [0.5, 0.6) is 0 Å². The van der Waals surface area contributed by atoms with Gasteiger partial charge >= 0.3 is 0 Å². The smallest absolute Gasteiger partial charge is 0.246 e. The molecule has 2 heterocycles. The minimum Gasteiger partial charge on any atom is -0.465 e. The van der Waals surface area contributed by atoms with Crippen LogP contribution in [0.15, 0.2) is 9.31 Å². The summed E-state index contributed by atoms with van der Waals surface area (Å²) in [7, 11) is -3.53. The Kier molecular flexibility index (Phi) is 4.49. The molecule has 1 unspecified atom stereocenters. The van der Waals surface area contributed by atoms with Crippen molar-refractivity contribution in [3.63, 3.8) is 0 Å². The number of sulfonamides is 1. The van der Waals surface area contributed by atoms with Gasteiger partial charge in [-0.25, -0.2) is 8.42 Å². The molecule has 1 saturated heterocycles. The van der Waals surface area contributed by atoms with Crippen LogP contribution in [-0.2, 0) is 15.9 Å². The van der Waals surface area contributed by atoms with Crippen molar-refractivity contribution in [2.24, 2.45) is 11.3 Å². The van der Waals surface area contributed by atoms with E-state index in [0.717, 1.165) is 6.42 Å². The van der Waals surface area contributed by atoms with Gasteiger partial charge < -0.3 is 4.42 Å². The van der Waals surface area contributed by atoms with Crippen LogP contribution in [0.25, 0.3) is 0 Å². The summed E-state index contributed by atoms with van der Waals surface area (Å²) >= 11 is 5.92. The first kappa shape index (κ1) is 16.8. The lowest BCUT2D eigenvalue weighted by atomic mass is 9.80. The Morgan fingerprint density at radius 3 is 2.38 bits per heavy atom. The summed E-state index contributed by atoms with van der Waals surface area (Å²) in [4.78, 5) is 0.268. The van der Waals surface area contributed by atoms with Gasteiger partial charge in [0.2, 0.25) is 10.0 Å². The van der Waals surface area contributed by atoms with Gasteiger partial charge in [0.15, 0.2) is 0 Å². The monoisotopic (exact) mass is 333 g/mol. The van der Waals surface area contributed by atoms with Gasteiger partial charge in [0, 0.05) is 18.7 Å². The highest BCUT2D eigenvalue weighted by atomic mass is 35.5. The SMILES string of the molecule is Cc1oc(C)c(S(=O)(=O)N2CCC(C(C)(C)C)C2)c1CCl. The van der Waals surface area contributed by atoms with Crippen molar-refractivity contribution in [1.29, 1.82) is 0 Å². The van der Waals surface area contributed by atoms with Crippen molar-refractivity contribution in [2.75, 3.05) is 13.1 Å². The molecule has 1 fully saturated rings. The zero-order valence-corrected chi connectivity index (χ0v) is 14.9. The molecule has 120 valence electrons. The average molecular weight is 334 g/mol. The highest BCUT2D eigenvalue weighted by Gasteiger charge is 2.40. The lowest BCUT2D eigenvalue weighted by Gasteiger charge is -2.26. The maximum atomic E-state index is 12.9. The second kappa shape index (κ2) is 5.60. The fourth-order valence-electron chi connectivity index (χ4n) is 2.98. The van der Waals surface area contributed by atoms with Gasteiger partial charge in [-0.15, -0.1) is 11.6 Å². The third-order valence-electron chi connectivity index (χ3n) is 4.43. The number of rotatable bonds is 3. The van der Waals surface area contributed by atoms with Gasteiger partial charge in [-0.1, -0.05) is 20.8 Å². The van der Waals surface area contributed by atoms with Crippen LogP contribution in [0.4, 0.5) is 0 Å². The molecule has 21 heavy (non-hydrogen) atoms. The van der Waals surface area contributed by atoms with Crippen LogP contribution < -0.4 is 0 Å². The van der Waals surface area contributed by atoms with E-state index in [9.17, 15) is 8.42 Å². The zero-order chi connectivity index (χ0) is 16.0. The fraction of sp³-hybridized carbons (Fsp3) is 0.733. The topological polar surface area (TPSA) is 50.5 Å². The molecule has 1 aromatic rings. The van der Waals surface area contributed by atoms with Crippen LogP contribution in [0.3, 0.4) is 0 Å². The zero-order valence-electron chi connectivity index (χ0n) is 13.4. The molecule has 0 aromatic carbocycles. The maximum Gasteiger partial charge on any atom is 0.246 e. The first-order chi connectivity index (χ1) is 9.59. The van der Waals surface area contributed by atoms with Crippen molar-refractivity contribution in [1.82, 2.24) is 4.31 Å². The number of nitrogens with zero attached hydrogens (tertiary/aromatic N) is 1. The molecule has 0 amide bonds. The molecular weight excluding hydrogens is 310 g/mol. The Bertz CT molecular complexity index is 628. The molecule has 4 nitrogen and oxygen atoms in total. The first-order valence-electron chi connectivity index (χ1n) is 7.24. The second-order valence-corrected chi connectivity index (χ2v) is 9.01. The lowest BCUT2D eigenvalue weighted by molar-refractivity contribution is 0.252. The highest BCUT2D eigenvalue weighted by molar-refractivity contribution is 7.89. The summed E-state index contributed by atoms with van der Waals surface area (Å²) in [6, 6.07) is 0. The number of furan rings is 1. The molecule has 0 bridgehead atoms. The summed E-state index contributed by atoms with van der Waals surface area (Å²) in [5, 5.41) is 0. The molecule has 6 heteroatoms. The van der Waals surface area contributed by atoms with E-state index in [4.69, 9.17) is 16.0 Å². The molecule has 0 saturated carbocycles. The number of hydrogen-bond donors (Lipinski definition) is 0. The first-order valence-corrected chi connectivity index (χ1v) is 9.21. The molecule has 1 aliphatic rings. The van der Waals surface area contributed by atoms with E-state index >= 15 is 0 Å². The number of aryl methyl sites for hydroxylation is 2. The van der Waals surface area contributed by atoms with Crippen LogP contribution in [0.1, 0.15) is 44.3 Å². The molecule has 1 aromatic heterocycles. The Morgan fingerprint density at radius 2 is 1.90 bits per heavy atom. The van der Waals surface area contributed by atoms with Gasteiger partial charge in [0.1, 0.15) is 16.4 Å². The van der Waals surface area contributed by atoms with Crippen molar-refractivity contribution < 1.29 is 12.8 Å². The molecule has 0 aliphatic carbocycles. The van der Waals surface area contributed by atoms with E-state index in [0.29, 0.717) is 36.1 Å². The van der Waals surface area contributed by atoms with Gasteiger partial charge in [0.25, 0.3) is 0 Å². The second-order valence-electron chi connectivity index (χ2n) is 6.87. The predicted octanol–water partition coefficient (Wildman–Crippen LogP) is 3.69. The summed E-state index contributed by atoms with van der Waals surface area (Å²) in [5.41, 5.74) is 0.703. The van der Waals surface area contributed by atoms with Crippen molar-refractivity contribution in [3.8, 4) is 0 Å². The van der Waals surface area contributed by atoms with Gasteiger partial charge in [-0.05, 0) is 31.6 Å². The summed E-state index contributed by atoms with van der Waals surface area (Å²) in [5.74, 6) is 1.55. The Labute approximate surface area is 132 Å². The van der Waals surface area contributed by atoms with Gasteiger partial charge in [0.05, 0.1) is 5.88 Å². The number of alkyl halides is 1. The Balaban J connectivity index is 2.37. The molecule has 1 aliphatic heterocycles. The summed E-state index contributed by atoms with van der Waals surface area (Å²) in [6.45, 7) is 11.0. The largest absolute Gasteiger partial charge is 0.465 e. The number of hydrogen-bond acceptors (Lipinski definition) is 3. The third-order valence-corrected chi connectivity index (χ3v) is 6.76. The van der Waals surface area contributed by atoms with E-state index in [1.165, 1.54) is 0 Å². The van der Waals surface area contributed by atoms with Gasteiger partial charge in [-0.2, -0.15) is 4.31 Å². The fourth-order valence-corrected chi connectivity index (χ4v) is 5.30. The van der Waals surface area contributed by atoms with Crippen LogP contribution >= 0.6 is 11.6 Å². The van der Waals surface area contributed by atoms with E-state index in [1.807, 2.05) is 0 Å². The van der Waals surface area contributed by atoms with E-state index in [2.05, 4.69) is 20.8 Å². The average Bonchev–Trinajstić information content (AvgIpc) is 2.93. The standard InChI is InChI=1S/C15H24ClNO3S/c1-10-13(8-16)14(11(2)20-10)21(18,19)17-7-6-12(9-17)15(3,4)5/h12H,6-9H2,1-5H3. The van der Waals surface area contributed by atoms with Crippen molar-refractivity contribution in [3.05, 3.63) is 17.1 Å². The summed E-state index contributed by atoms with van der Waals surface area (Å²) in [6.07, 6.45) is 0.898. The normalized spacial score (nSPS) is 21.1. The molecule has 0 N–H and O–H groups in total. The summed E-state index contributed by atoms with van der Waals surface area (Å²) < 4.78 is 32.9. The molecule has 1 atom stereocenters. The maximum absolute atomic E-state index is 12.9. The number of halogens is 1. The Hall–Kier alpha value is -0.520. The predicted molar refractivity (Wildman–Crippen MR) is 84.1 cm³/mol.